The van der Waals surface area contributed by atoms with Crippen LogP contribution >= 0.6 is 23.2 Å². The van der Waals surface area contributed by atoms with Crippen molar-refractivity contribution in [2.75, 3.05) is 25.2 Å². The molecular formula is C32H42Cl2N6O3. The van der Waals surface area contributed by atoms with E-state index in [4.69, 9.17) is 37.9 Å². The molecular weight excluding hydrogens is 587 g/mol. The molecule has 0 radical (unpaired) electrons. The number of amides is 2. The van der Waals surface area contributed by atoms with Gasteiger partial charge in [-0.3, -0.25) is 9.59 Å². The molecule has 0 spiro atoms. The van der Waals surface area contributed by atoms with E-state index in [9.17, 15) is 9.59 Å². The van der Waals surface area contributed by atoms with E-state index in [1.165, 1.54) is 0 Å². The van der Waals surface area contributed by atoms with E-state index in [2.05, 4.69) is 17.6 Å². The normalized spacial score (nSPS) is 19.3. The van der Waals surface area contributed by atoms with E-state index >= 15 is 0 Å². The van der Waals surface area contributed by atoms with Gasteiger partial charge in [-0.1, -0.05) is 57.0 Å². The number of nitrogens with zero attached hydrogens (tertiary/aromatic N) is 4. The van der Waals surface area contributed by atoms with Crippen molar-refractivity contribution in [3.63, 3.8) is 0 Å². The number of pyridine rings is 1. The molecule has 232 valence electrons. The molecule has 2 aliphatic rings. The quantitative estimate of drug-likeness (QED) is 0.333. The molecule has 3 heterocycles. The number of hydrogen-bond donors (Lipinski definition) is 2. The lowest BCUT2D eigenvalue weighted by Crippen LogP contribution is -2.48. The van der Waals surface area contributed by atoms with Gasteiger partial charge in [0.2, 0.25) is 5.91 Å². The van der Waals surface area contributed by atoms with Crippen molar-refractivity contribution in [2.24, 2.45) is 18.4 Å². The highest BCUT2D eigenvalue weighted by Crippen LogP contribution is 2.33. The first-order chi connectivity index (χ1) is 20.3. The maximum absolute atomic E-state index is 13.7. The smallest absolute Gasteiger partial charge is 0.255 e. The molecule has 2 N–H and O–H groups in total. The molecule has 2 amide bonds. The van der Waals surface area contributed by atoms with Gasteiger partial charge in [0, 0.05) is 43.5 Å². The molecule has 2 aromatic heterocycles. The summed E-state index contributed by atoms with van der Waals surface area (Å²) < 4.78 is 7.36. The number of halogens is 2. The zero-order chi connectivity index (χ0) is 31.1. The predicted octanol–water partition coefficient (Wildman–Crippen LogP) is 5.67. The summed E-state index contributed by atoms with van der Waals surface area (Å²) in [7, 11) is 3.87. The minimum Gasteiger partial charge on any atom is -0.377 e. The van der Waals surface area contributed by atoms with Gasteiger partial charge in [0.05, 0.1) is 29.8 Å². The number of likely N-dealkylation sites (N-methyl/N-ethyl adjacent to an activating group) is 1. The molecule has 0 unspecified atom stereocenters. The Labute approximate surface area is 263 Å². The number of carbonyl (C=O) groups excluding carboxylic acids is 2. The Kier molecular flexibility index (Phi) is 9.26. The number of rotatable bonds is 8. The number of nitrogens with one attached hydrogen (secondary N) is 2. The molecule has 9 nitrogen and oxygen atoms in total. The molecule has 11 heteroatoms. The van der Waals surface area contributed by atoms with Crippen LogP contribution in [0.5, 0.6) is 0 Å². The van der Waals surface area contributed by atoms with Gasteiger partial charge in [-0.2, -0.15) is 0 Å². The Morgan fingerprint density at radius 1 is 1.12 bits per heavy atom. The fourth-order valence-electron chi connectivity index (χ4n) is 5.57. The standard InChI is InChI=1S/C32H42Cl2N6O3/c1-18-7-10-20(11-8-18)36-30(41)23-13-25-29(38-28(23)39(5)21-16-43-17-21)40(6)26(37-25)14-22-24(33)12-9-19(27(22)34)15-35-31(42)32(2,3)4/h9,12-13,18,20-21H,7-8,10-11,14-17H2,1-6H3,(H,35,42)(H,36,41). The minimum absolute atomic E-state index is 0.0615. The largest absolute Gasteiger partial charge is 0.377 e. The summed E-state index contributed by atoms with van der Waals surface area (Å²) >= 11 is 13.5. The second-order valence-electron chi connectivity index (χ2n) is 13.1. The summed E-state index contributed by atoms with van der Waals surface area (Å²) in [4.78, 5) is 38.0. The van der Waals surface area contributed by atoms with Crippen LogP contribution in [0.4, 0.5) is 5.82 Å². The Morgan fingerprint density at radius 2 is 1.81 bits per heavy atom. The second kappa shape index (κ2) is 12.6. The van der Waals surface area contributed by atoms with Gasteiger partial charge >= 0.3 is 0 Å². The number of ether oxygens (including phenoxy) is 1. The number of fused-ring (bicyclic) bond motifs is 1. The summed E-state index contributed by atoms with van der Waals surface area (Å²) in [6.07, 6.45) is 4.56. The summed E-state index contributed by atoms with van der Waals surface area (Å²) in [5.74, 6) is 1.84. The number of aryl methyl sites for hydroxylation is 1. The van der Waals surface area contributed by atoms with E-state index in [0.717, 1.165) is 36.8 Å². The summed E-state index contributed by atoms with van der Waals surface area (Å²) in [5.41, 5.74) is 2.79. The topological polar surface area (TPSA) is 101 Å². The highest BCUT2D eigenvalue weighted by Gasteiger charge is 2.30. The van der Waals surface area contributed by atoms with Crippen LogP contribution in [0.15, 0.2) is 18.2 Å². The SMILES string of the molecule is CC1CCC(NC(=O)c2cc3nc(Cc4c(Cl)ccc(CNC(=O)C(C)(C)C)c4Cl)n(C)c3nc2N(C)C2COC2)CC1. The third-order valence-electron chi connectivity index (χ3n) is 8.74. The Balaban J connectivity index is 1.46. The molecule has 5 rings (SSSR count). The third kappa shape index (κ3) is 6.79. The van der Waals surface area contributed by atoms with Gasteiger partial charge in [0.25, 0.3) is 5.91 Å². The van der Waals surface area contributed by atoms with E-state index in [0.29, 0.717) is 70.5 Å². The summed E-state index contributed by atoms with van der Waals surface area (Å²) in [6, 6.07) is 5.79. The van der Waals surface area contributed by atoms with Crippen LogP contribution in [0.2, 0.25) is 10.0 Å². The lowest BCUT2D eigenvalue weighted by Gasteiger charge is -2.36. The maximum Gasteiger partial charge on any atom is 0.255 e. The van der Waals surface area contributed by atoms with Crippen molar-refractivity contribution in [3.8, 4) is 0 Å². The number of anilines is 1. The van der Waals surface area contributed by atoms with Crippen molar-refractivity contribution in [1.29, 1.82) is 0 Å². The first-order valence-electron chi connectivity index (χ1n) is 15.0. The van der Waals surface area contributed by atoms with E-state index in [1.807, 2.05) is 56.5 Å². The van der Waals surface area contributed by atoms with Gasteiger partial charge in [-0.05, 0) is 54.9 Å². The van der Waals surface area contributed by atoms with Crippen molar-refractivity contribution in [3.05, 3.63) is 50.8 Å². The second-order valence-corrected chi connectivity index (χ2v) is 13.9. The van der Waals surface area contributed by atoms with Crippen LogP contribution in [-0.2, 0) is 29.5 Å². The predicted molar refractivity (Wildman–Crippen MR) is 171 cm³/mol. The third-order valence-corrected chi connectivity index (χ3v) is 9.56. The van der Waals surface area contributed by atoms with Crippen LogP contribution in [0, 0.1) is 11.3 Å². The molecule has 1 aromatic carbocycles. The van der Waals surface area contributed by atoms with E-state index in [-0.39, 0.29) is 23.9 Å². The summed E-state index contributed by atoms with van der Waals surface area (Å²) in [6.45, 7) is 9.35. The molecule has 0 atom stereocenters. The van der Waals surface area contributed by atoms with Gasteiger partial charge in [-0.15, -0.1) is 0 Å². The Hall–Kier alpha value is -2.88. The zero-order valence-corrected chi connectivity index (χ0v) is 27.4. The van der Waals surface area contributed by atoms with Crippen LogP contribution in [0.3, 0.4) is 0 Å². The molecule has 43 heavy (non-hydrogen) atoms. The highest BCUT2D eigenvalue weighted by atomic mass is 35.5. The number of carbonyl (C=O) groups is 2. The van der Waals surface area contributed by atoms with Gasteiger partial charge < -0.3 is 24.8 Å². The monoisotopic (exact) mass is 628 g/mol. The lowest BCUT2D eigenvalue weighted by atomic mass is 9.87. The molecule has 3 aromatic rings. The number of hydrogen-bond acceptors (Lipinski definition) is 6. The van der Waals surface area contributed by atoms with Gasteiger partial charge in [0.15, 0.2) is 5.65 Å². The van der Waals surface area contributed by atoms with Crippen LogP contribution < -0.4 is 15.5 Å². The average Bonchev–Trinajstić information content (AvgIpc) is 3.23. The van der Waals surface area contributed by atoms with Crippen molar-refractivity contribution >= 4 is 52.0 Å². The maximum atomic E-state index is 13.7. The Bertz CT molecular complexity index is 1520. The fraction of sp³-hybridized carbons (Fsp3) is 0.562. The lowest BCUT2D eigenvalue weighted by molar-refractivity contribution is -0.128. The van der Waals surface area contributed by atoms with E-state index in [1.54, 1.807) is 6.07 Å². The van der Waals surface area contributed by atoms with Crippen molar-refractivity contribution in [2.45, 2.75) is 78.4 Å². The Morgan fingerprint density at radius 3 is 2.44 bits per heavy atom. The first-order valence-corrected chi connectivity index (χ1v) is 15.8. The average molecular weight is 630 g/mol. The van der Waals surface area contributed by atoms with Crippen LogP contribution in [-0.4, -0.2) is 58.7 Å². The summed E-state index contributed by atoms with van der Waals surface area (Å²) in [5, 5.41) is 7.23. The van der Waals surface area contributed by atoms with Gasteiger partial charge in [0.1, 0.15) is 17.2 Å². The highest BCUT2D eigenvalue weighted by molar-refractivity contribution is 6.36. The fourth-order valence-corrected chi connectivity index (χ4v) is 6.15. The zero-order valence-electron chi connectivity index (χ0n) is 25.9. The molecule has 1 saturated carbocycles. The van der Waals surface area contributed by atoms with Crippen molar-refractivity contribution in [1.82, 2.24) is 25.2 Å². The minimum atomic E-state index is -0.509. The van der Waals surface area contributed by atoms with E-state index < -0.39 is 5.41 Å². The van der Waals surface area contributed by atoms with Gasteiger partial charge in [-0.25, -0.2) is 9.97 Å². The molecule has 0 bridgehead atoms. The van der Waals surface area contributed by atoms with Crippen molar-refractivity contribution < 1.29 is 14.3 Å². The van der Waals surface area contributed by atoms with Crippen LogP contribution in [0.25, 0.3) is 11.2 Å². The number of benzene rings is 1. The molecule has 2 fully saturated rings. The number of imidazole rings is 1. The van der Waals surface area contributed by atoms with Crippen LogP contribution in [0.1, 0.15) is 80.7 Å². The molecule has 1 saturated heterocycles. The molecule has 1 aliphatic heterocycles. The number of aromatic nitrogens is 3. The molecule has 1 aliphatic carbocycles. The first kappa shape index (κ1) is 31.5.